The minimum Gasteiger partial charge on any atom is -0.462 e. The first-order chi connectivity index (χ1) is 18.8. The topological polar surface area (TPSA) is 122 Å². The Hall–Kier alpha value is -3.75. The first kappa shape index (κ1) is 26.8. The molecule has 2 atom stereocenters. The maximum absolute atomic E-state index is 12.5. The minimum absolute atomic E-state index is 0.0571. The summed E-state index contributed by atoms with van der Waals surface area (Å²) in [5, 5.41) is 20.9. The number of nitrogens with zero attached hydrogens (tertiary/aromatic N) is 8. The molecule has 39 heavy (non-hydrogen) atoms. The number of aromatic nitrogens is 3. The third-order valence-corrected chi connectivity index (χ3v) is 8.07. The zero-order valence-corrected chi connectivity index (χ0v) is 22.7. The molecule has 5 heterocycles. The van der Waals surface area contributed by atoms with Crippen LogP contribution in [0.1, 0.15) is 36.1 Å². The number of β-amino-alcohol motifs (C(OH)–C–C–N with tert-alkyl or cyclic N) is 1. The Kier molecular flexibility index (Phi) is 7.68. The van der Waals surface area contributed by atoms with E-state index in [4.69, 9.17) is 14.7 Å². The van der Waals surface area contributed by atoms with Gasteiger partial charge in [0.15, 0.2) is 5.72 Å². The number of aliphatic hydroxyl groups is 1. The van der Waals surface area contributed by atoms with Gasteiger partial charge in [-0.15, -0.1) is 0 Å². The SMILES string of the molecule is C=CC(=O)N1CCN(c2nc(OC[C@@H]3CCCN3C)nc3c2CCN(c2ccncc2C)C3)C[C@@]1(O)CC#N. The van der Waals surface area contributed by atoms with Crippen LogP contribution in [0.3, 0.4) is 0 Å². The zero-order chi connectivity index (χ0) is 27.6. The van der Waals surface area contributed by atoms with Gasteiger partial charge < -0.3 is 29.4 Å². The normalized spacial score (nSPS) is 23.3. The van der Waals surface area contributed by atoms with Crippen molar-refractivity contribution in [3.63, 3.8) is 0 Å². The van der Waals surface area contributed by atoms with E-state index in [0.717, 1.165) is 48.4 Å². The number of likely N-dealkylation sites (N-methyl/N-ethyl adjacent to an activating group) is 1. The van der Waals surface area contributed by atoms with E-state index in [1.165, 1.54) is 11.0 Å². The number of amides is 1. The van der Waals surface area contributed by atoms with Crippen LogP contribution in [0, 0.1) is 18.3 Å². The number of rotatable bonds is 7. The fourth-order valence-electron chi connectivity index (χ4n) is 5.88. The number of hydrogen-bond acceptors (Lipinski definition) is 10. The van der Waals surface area contributed by atoms with Crippen LogP contribution in [0.2, 0.25) is 0 Å². The Morgan fingerprint density at radius 3 is 2.87 bits per heavy atom. The Bertz CT molecular complexity index is 1280. The van der Waals surface area contributed by atoms with Crippen LogP contribution in [0.5, 0.6) is 6.01 Å². The van der Waals surface area contributed by atoms with Gasteiger partial charge in [-0.2, -0.15) is 15.2 Å². The molecule has 1 N–H and O–H groups in total. The van der Waals surface area contributed by atoms with Gasteiger partial charge in [0.2, 0.25) is 5.91 Å². The molecule has 2 saturated heterocycles. The Balaban J connectivity index is 1.48. The summed E-state index contributed by atoms with van der Waals surface area (Å²) in [6, 6.07) is 4.69. The van der Waals surface area contributed by atoms with Crippen molar-refractivity contribution in [1.29, 1.82) is 5.26 Å². The number of hydrogen-bond donors (Lipinski definition) is 1. The van der Waals surface area contributed by atoms with Crippen molar-refractivity contribution in [2.24, 2.45) is 0 Å². The predicted octanol–water partition coefficient (Wildman–Crippen LogP) is 1.65. The van der Waals surface area contributed by atoms with Gasteiger partial charge in [-0.05, 0) is 57.5 Å². The average Bonchev–Trinajstić information content (AvgIpc) is 3.35. The lowest BCUT2D eigenvalue weighted by Gasteiger charge is -2.47. The lowest BCUT2D eigenvalue weighted by Crippen LogP contribution is -2.64. The Morgan fingerprint density at radius 1 is 1.31 bits per heavy atom. The lowest BCUT2D eigenvalue weighted by atomic mass is 10.0. The Labute approximate surface area is 229 Å². The first-order valence-electron chi connectivity index (χ1n) is 13.5. The molecule has 2 fully saturated rings. The van der Waals surface area contributed by atoms with E-state index in [0.29, 0.717) is 44.0 Å². The van der Waals surface area contributed by atoms with Gasteiger partial charge in [0.25, 0.3) is 0 Å². The summed E-state index contributed by atoms with van der Waals surface area (Å²) in [5.41, 5.74) is 2.45. The van der Waals surface area contributed by atoms with Crippen LogP contribution in [0.25, 0.3) is 0 Å². The van der Waals surface area contributed by atoms with Gasteiger partial charge in [0, 0.05) is 49.3 Å². The van der Waals surface area contributed by atoms with Crippen molar-refractivity contribution < 1.29 is 14.6 Å². The summed E-state index contributed by atoms with van der Waals surface area (Å²) < 4.78 is 6.19. The molecule has 0 aliphatic carbocycles. The van der Waals surface area contributed by atoms with Gasteiger partial charge in [-0.3, -0.25) is 9.78 Å². The third kappa shape index (κ3) is 5.40. The summed E-state index contributed by atoms with van der Waals surface area (Å²) in [4.78, 5) is 34.3. The smallest absolute Gasteiger partial charge is 0.318 e. The number of anilines is 2. The fraction of sp³-hybridized carbons (Fsp3) is 0.536. The van der Waals surface area contributed by atoms with Crippen LogP contribution in [0.15, 0.2) is 31.1 Å². The molecule has 0 aromatic carbocycles. The number of likely N-dealkylation sites (tertiary alicyclic amines) is 1. The summed E-state index contributed by atoms with van der Waals surface area (Å²) in [6.45, 7) is 9.28. The van der Waals surface area contributed by atoms with Gasteiger partial charge in [0.05, 0.1) is 31.3 Å². The summed E-state index contributed by atoms with van der Waals surface area (Å²) in [7, 11) is 2.11. The summed E-state index contributed by atoms with van der Waals surface area (Å²) >= 11 is 0. The number of carbonyl (C=O) groups is 1. The van der Waals surface area contributed by atoms with E-state index in [-0.39, 0.29) is 19.5 Å². The number of carbonyl (C=O) groups excluding carboxylic acids is 1. The molecule has 0 unspecified atom stereocenters. The van der Waals surface area contributed by atoms with Crippen LogP contribution >= 0.6 is 0 Å². The molecule has 2 aromatic rings. The predicted molar refractivity (Wildman–Crippen MR) is 146 cm³/mol. The second kappa shape index (κ2) is 11.2. The molecule has 11 nitrogen and oxygen atoms in total. The third-order valence-electron chi connectivity index (χ3n) is 8.07. The first-order valence-corrected chi connectivity index (χ1v) is 13.5. The van der Waals surface area contributed by atoms with E-state index >= 15 is 0 Å². The summed E-state index contributed by atoms with van der Waals surface area (Å²) in [5.74, 6) is 0.299. The van der Waals surface area contributed by atoms with E-state index in [1.807, 2.05) is 23.2 Å². The van der Waals surface area contributed by atoms with Crippen LogP contribution < -0.4 is 14.5 Å². The molecule has 1 amide bonds. The highest BCUT2D eigenvalue weighted by molar-refractivity contribution is 5.87. The highest BCUT2D eigenvalue weighted by Gasteiger charge is 2.43. The van der Waals surface area contributed by atoms with Crippen molar-refractivity contribution >= 4 is 17.4 Å². The molecule has 3 aliphatic heterocycles. The molecule has 0 spiro atoms. The van der Waals surface area contributed by atoms with E-state index in [2.05, 4.69) is 35.3 Å². The second-order valence-corrected chi connectivity index (χ2v) is 10.6. The monoisotopic (exact) mass is 532 g/mol. The van der Waals surface area contributed by atoms with Crippen molar-refractivity contribution in [3.05, 3.63) is 47.9 Å². The average molecular weight is 533 g/mol. The van der Waals surface area contributed by atoms with E-state index in [1.54, 1.807) is 6.20 Å². The highest BCUT2D eigenvalue weighted by atomic mass is 16.5. The standard InChI is InChI=1S/C28H36N8O3/c1-4-25(37)36-15-14-35(19-28(36,38)9-10-29)26-22-8-13-34(24-7-11-30-16-20(24)2)17-23(22)31-27(32-26)39-18-21-6-5-12-33(21)3/h4,7,11,16,21,38H,1,5-6,8-9,12-15,17-19H2,2-3H3/t21-,28-/m0/s1. The molecule has 0 bridgehead atoms. The maximum Gasteiger partial charge on any atom is 0.318 e. The van der Waals surface area contributed by atoms with Gasteiger partial charge in [-0.25, -0.2) is 0 Å². The number of pyridine rings is 1. The van der Waals surface area contributed by atoms with Crippen LogP contribution in [-0.2, 0) is 17.8 Å². The fourth-order valence-corrected chi connectivity index (χ4v) is 5.88. The number of ether oxygens (including phenoxy) is 1. The van der Waals surface area contributed by atoms with Crippen LogP contribution in [0.4, 0.5) is 11.5 Å². The quantitative estimate of drug-likeness (QED) is 0.527. The largest absolute Gasteiger partial charge is 0.462 e. The number of nitriles is 1. The van der Waals surface area contributed by atoms with Gasteiger partial charge in [0.1, 0.15) is 12.4 Å². The molecule has 0 saturated carbocycles. The lowest BCUT2D eigenvalue weighted by molar-refractivity contribution is -0.155. The van der Waals surface area contributed by atoms with Crippen molar-refractivity contribution in [2.45, 2.75) is 50.9 Å². The maximum atomic E-state index is 12.5. The Morgan fingerprint density at radius 2 is 2.15 bits per heavy atom. The zero-order valence-electron chi connectivity index (χ0n) is 22.7. The number of aryl methyl sites for hydroxylation is 1. The second-order valence-electron chi connectivity index (χ2n) is 10.6. The molecule has 206 valence electrons. The number of fused-ring (bicyclic) bond motifs is 1. The molecular weight excluding hydrogens is 496 g/mol. The van der Waals surface area contributed by atoms with Crippen molar-refractivity contribution in [2.75, 3.05) is 56.2 Å². The summed E-state index contributed by atoms with van der Waals surface area (Å²) in [6.07, 6.45) is 7.55. The van der Waals surface area contributed by atoms with Gasteiger partial charge in [-0.1, -0.05) is 6.58 Å². The highest BCUT2D eigenvalue weighted by Crippen LogP contribution is 2.34. The minimum atomic E-state index is -1.65. The molecule has 0 radical (unpaired) electrons. The van der Waals surface area contributed by atoms with Crippen molar-refractivity contribution in [1.82, 2.24) is 24.8 Å². The van der Waals surface area contributed by atoms with Crippen molar-refractivity contribution in [3.8, 4) is 12.1 Å². The molecule has 2 aromatic heterocycles. The number of piperazine rings is 1. The van der Waals surface area contributed by atoms with Crippen LogP contribution in [-0.4, -0.2) is 93.9 Å². The molecule has 11 heteroatoms. The van der Waals surface area contributed by atoms with E-state index in [9.17, 15) is 15.2 Å². The molecule has 5 rings (SSSR count). The molecular formula is C28H36N8O3. The van der Waals surface area contributed by atoms with E-state index < -0.39 is 11.6 Å². The van der Waals surface area contributed by atoms with Gasteiger partial charge >= 0.3 is 6.01 Å². The molecule has 3 aliphatic rings.